The molecule has 0 fully saturated rings. The van der Waals surface area contributed by atoms with Crippen LogP contribution in [0.15, 0.2) is 28.4 Å². The van der Waals surface area contributed by atoms with E-state index in [2.05, 4.69) is 10.1 Å². The van der Waals surface area contributed by atoms with E-state index in [1.807, 2.05) is 0 Å². The fourth-order valence-electron chi connectivity index (χ4n) is 1.81. The minimum Gasteiger partial charge on any atom is -0.478 e. The molecule has 21 heavy (non-hydrogen) atoms. The number of aromatic nitrogens is 3. The smallest absolute Gasteiger partial charge is 0.338 e. The lowest BCUT2D eigenvalue weighted by molar-refractivity contribution is -0.388. The molecule has 0 aliphatic heterocycles. The van der Waals surface area contributed by atoms with Crippen molar-refractivity contribution in [1.29, 1.82) is 0 Å². The van der Waals surface area contributed by atoms with Crippen molar-refractivity contribution >= 4 is 23.4 Å². The molecule has 2 aromatic rings. The number of carboxylic acids is 1. The zero-order chi connectivity index (χ0) is 15.6. The van der Waals surface area contributed by atoms with Gasteiger partial charge in [0, 0.05) is 13.2 Å². The maximum Gasteiger partial charge on any atom is 0.338 e. The van der Waals surface area contributed by atoms with Gasteiger partial charge in [-0.05, 0) is 30.3 Å². The Morgan fingerprint density at radius 3 is 2.86 bits per heavy atom. The van der Waals surface area contributed by atoms with E-state index in [1.54, 1.807) is 14.0 Å². The van der Waals surface area contributed by atoms with Crippen LogP contribution in [0, 0.1) is 10.1 Å². The molecule has 0 saturated carbocycles. The highest BCUT2D eigenvalue weighted by Gasteiger charge is 2.27. The third-order valence-corrected chi connectivity index (χ3v) is 3.92. The summed E-state index contributed by atoms with van der Waals surface area (Å²) in [4.78, 5) is 25.9. The van der Waals surface area contributed by atoms with Crippen LogP contribution in [0.3, 0.4) is 0 Å². The zero-order valence-corrected chi connectivity index (χ0v) is 12.1. The summed E-state index contributed by atoms with van der Waals surface area (Å²) >= 11 is 0.927. The second kappa shape index (κ2) is 5.92. The molecule has 9 heteroatoms. The van der Waals surface area contributed by atoms with Gasteiger partial charge >= 0.3 is 11.7 Å². The average Bonchev–Trinajstić information content (AvgIpc) is 2.76. The van der Waals surface area contributed by atoms with E-state index >= 15 is 0 Å². The summed E-state index contributed by atoms with van der Waals surface area (Å²) in [5.41, 5.74) is 0.251. The first kappa shape index (κ1) is 15.0. The summed E-state index contributed by atoms with van der Waals surface area (Å²) in [6, 6.07) is 2.91. The van der Waals surface area contributed by atoms with Gasteiger partial charge in [0.2, 0.25) is 0 Å². The average molecular weight is 308 g/mol. The molecular weight excluding hydrogens is 296 g/mol. The van der Waals surface area contributed by atoms with Crippen LogP contribution in [0.25, 0.3) is 0 Å². The second-order valence-electron chi connectivity index (χ2n) is 4.10. The molecule has 2 heterocycles. The van der Waals surface area contributed by atoms with Crippen molar-refractivity contribution in [3.8, 4) is 0 Å². The predicted octanol–water partition coefficient (Wildman–Crippen LogP) is 2.14. The first-order chi connectivity index (χ1) is 9.95. The summed E-state index contributed by atoms with van der Waals surface area (Å²) < 4.78 is 1.38. The van der Waals surface area contributed by atoms with E-state index in [9.17, 15) is 14.9 Å². The van der Waals surface area contributed by atoms with Crippen LogP contribution >= 0.6 is 11.8 Å². The van der Waals surface area contributed by atoms with Gasteiger partial charge in [-0.3, -0.25) is 14.8 Å². The van der Waals surface area contributed by atoms with Crippen molar-refractivity contribution < 1.29 is 14.8 Å². The Labute approximate surface area is 124 Å². The molecular formula is C12H12N4O4S. The largest absolute Gasteiger partial charge is 0.478 e. The molecule has 0 amide bonds. The number of aromatic carboxylic acids is 1. The number of hydrogen-bond acceptors (Lipinski definition) is 6. The maximum atomic E-state index is 11.2. The molecule has 0 spiro atoms. The third kappa shape index (κ3) is 2.87. The van der Waals surface area contributed by atoms with E-state index in [4.69, 9.17) is 5.11 Å². The van der Waals surface area contributed by atoms with Gasteiger partial charge in [-0.1, -0.05) is 6.92 Å². The lowest BCUT2D eigenvalue weighted by Gasteiger charge is -2.04. The normalized spacial score (nSPS) is 10.6. The van der Waals surface area contributed by atoms with Gasteiger partial charge in [0.15, 0.2) is 5.03 Å². The van der Waals surface area contributed by atoms with Crippen molar-refractivity contribution in [1.82, 2.24) is 14.8 Å². The first-order valence-corrected chi connectivity index (χ1v) is 6.83. The van der Waals surface area contributed by atoms with Crippen molar-refractivity contribution in [2.24, 2.45) is 7.05 Å². The van der Waals surface area contributed by atoms with Gasteiger partial charge in [-0.2, -0.15) is 5.10 Å². The van der Waals surface area contributed by atoms with Crippen LogP contribution in [0.4, 0.5) is 5.69 Å². The quantitative estimate of drug-likeness (QED) is 0.665. The van der Waals surface area contributed by atoms with Crippen LogP contribution in [-0.2, 0) is 13.5 Å². The first-order valence-electron chi connectivity index (χ1n) is 6.02. The molecule has 110 valence electrons. The number of pyridine rings is 1. The number of nitro groups is 1. The molecule has 0 aliphatic rings. The van der Waals surface area contributed by atoms with Crippen LogP contribution < -0.4 is 0 Å². The Morgan fingerprint density at radius 2 is 2.29 bits per heavy atom. The number of hydrogen-bond donors (Lipinski definition) is 1. The van der Waals surface area contributed by atoms with E-state index in [0.717, 1.165) is 11.8 Å². The summed E-state index contributed by atoms with van der Waals surface area (Å²) in [7, 11) is 1.58. The Bertz CT molecular complexity index is 713. The topological polar surface area (TPSA) is 111 Å². The Hall–Kier alpha value is -2.42. The zero-order valence-electron chi connectivity index (χ0n) is 11.3. The SMILES string of the molecule is CCc1nn(C)c(Sc2ncccc2C(=O)O)c1[N+](=O)[O-]. The van der Waals surface area contributed by atoms with Crippen molar-refractivity contribution in [3.63, 3.8) is 0 Å². The standard InChI is InChI=1S/C12H12N4O4S/c1-3-8-9(16(19)20)11(15(2)14-8)21-10-7(12(17)18)5-4-6-13-10/h4-6H,3H2,1-2H3,(H,17,18). The molecule has 0 unspecified atom stereocenters. The van der Waals surface area contributed by atoms with Crippen molar-refractivity contribution in [2.75, 3.05) is 0 Å². The molecule has 2 rings (SSSR count). The summed E-state index contributed by atoms with van der Waals surface area (Å²) in [6.07, 6.45) is 1.86. The molecule has 0 aromatic carbocycles. The summed E-state index contributed by atoms with van der Waals surface area (Å²) in [5.74, 6) is -1.13. The maximum absolute atomic E-state index is 11.2. The molecule has 0 bridgehead atoms. The third-order valence-electron chi connectivity index (χ3n) is 2.75. The lowest BCUT2D eigenvalue weighted by atomic mass is 10.3. The minimum atomic E-state index is -1.13. The molecule has 0 saturated heterocycles. The van der Waals surface area contributed by atoms with Crippen LogP contribution in [-0.4, -0.2) is 30.8 Å². The fraction of sp³-hybridized carbons (Fsp3) is 0.250. The van der Waals surface area contributed by atoms with E-state index in [0.29, 0.717) is 12.1 Å². The molecule has 0 atom stereocenters. The summed E-state index contributed by atoms with van der Waals surface area (Å²) in [5, 5.41) is 24.9. The second-order valence-corrected chi connectivity index (χ2v) is 5.08. The van der Waals surface area contributed by atoms with Crippen LogP contribution in [0.5, 0.6) is 0 Å². The van der Waals surface area contributed by atoms with Crippen molar-refractivity contribution in [3.05, 3.63) is 39.7 Å². The minimum absolute atomic E-state index is 0.00366. The predicted molar refractivity (Wildman–Crippen MR) is 74.6 cm³/mol. The van der Waals surface area contributed by atoms with E-state index in [-0.39, 0.29) is 21.3 Å². The van der Waals surface area contributed by atoms with Crippen LogP contribution in [0.2, 0.25) is 0 Å². The molecule has 2 aromatic heterocycles. The Morgan fingerprint density at radius 1 is 1.57 bits per heavy atom. The van der Waals surface area contributed by atoms with Gasteiger partial charge < -0.3 is 5.11 Å². The Kier molecular flexibility index (Phi) is 4.22. The number of rotatable bonds is 5. The number of aryl methyl sites for hydroxylation is 2. The fourth-order valence-corrected chi connectivity index (χ4v) is 2.84. The van der Waals surface area contributed by atoms with Crippen LogP contribution in [0.1, 0.15) is 23.0 Å². The lowest BCUT2D eigenvalue weighted by Crippen LogP contribution is -2.02. The number of carbonyl (C=O) groups is 1. The van der Waals surface area contributed by atoms with Gasteiger partial charge in [-0.25, -0.2) is 9.78 Å². The van der Waals surface area contributed by atoms with Gasteiger partial charge in [0.25, 0.3) is 0 Å². The van der Waals surface area contributed by atoms with Gasteiger partial charge in [0.1, 0.15) is 10.7 Å². The molecule has 8 nitrogen and oxygen atoms in total. The highest BCUT2D eigenvalue weighted by atomic mass is 32.2. The van der Waals surface area contributed by atoms with E-state index in [1.165, 1.54) is 23.0 Å². The summed E-state index contributed by atoms with van der Waals surface area (Å²) in [6.45, 7) is 1.77. The molecule has 1 N–H and O–H groups in total. The van der Waals surface area contributed by atoms with Gasteiger partial charge in [-0.15, -0.1) is 0 Å². The number of nitrogens with zero attached hydrogens (tertiary/aromatic N) is 4. The monoisotopic (exact) mass is 308 g/mol. The van der Waals surface area contributed by atoms with Crippen molar-refractivity contribution in [2.45, 2.75) is 23.4 Å². The van der Waals surface area contributed by atoms with E-state index < -0.39 is 10.9 Å². The molecule has 0 aliphatic carbocycles. The Balaban J connectivity index is 2.52. The van der Waals surface area contributed by atoms with Gasteiger partial charge in [0.05, 0.1) is 10.5 Å². The number of carboxylic acid groups (broad SMARTS) is 1. The highest BCUT2D eigenvalue weighted by molar-refractivity contribution is 7.99. The molecule has 0 radical (unpaired) electrons. The highest BCUT2D eigenvalue weighted by Crippen LogP contribution is 2.37.